The summed E-state index contributed by atoms with van der Waals surface area (Å²) < 4.78 is 4.32. The summed E-state index contributed by atoms with van der Waals surface area (Å²) in [6.07, 6.45) is 0. The van der Waals surface area contributed by atoms with E-state index in [1.54, 1.807) is 0 Å². The second-order valence-electron chi connectivity index (χ2n) is 3.17. The third-order valence-electron chi connectivity index (χ3n) is 2.10. The number of nitro groups is 1. The summed E-state index contributed by atoms with van der Waals surface area (Å²) in [5.74, 6) is -1.50. The molecule has 0 aliphatic heterocycles. The highest BCUT2D eigenvalue weighted by Crippen LogP contribution is 2.13. The molecule has 1 aromatic carbocycles. The molecule has 17 heavy (non-hydrogen) atoms. The van der Waals surface area contributed by atoms with E-state index in [1.807, 2.05) is 0 Å². The third kappa shape index (κ3) is 2.85. The number of carbonyl (C=O) groups is 2. The normalized spacial score (nSPS) is 11.6. The van der Waals surface area contributed by atoms with Crippen LogP contribution < -0.4 is 5.73 Å². The van der Waals surface area contributed by atoms with E-state index in [9.17, 15) is 19.7 Å². The molecule has 1 rings (SSSR count). The fourth-order valence-electron chi connectivity index (χ4n) is 1.16. The number of benzene rings is 1. The number of nitrogens with zero attached hydrogens (tertiary/aromatic N) is 1. The Balaban J connectivity index is 2.90. The molecule has 0 aliphatic rings. The Hall–Kier alpha value is -2.28. The Morgan fingerprint density at radius 1 is 1.35 bits per heavy atom. The molecule has 7 heteroatoms. The first-order valence-electron chi connectivity index (χ1n) is 4.59. The summed E-state index contributed by atoms with van der Waals surface area (Å²) in [5, 5.41) is 10.4. The Kier molecular flexibility index (Phi) is 3.89. The minimum Gasteiger partial charge on any atom is -0.468 e. The number of rotatable bonds is 4. The van der Waals surface area contributed by atoms with E-state index < -0.39 is 22.7 Å². The number of ether oxygens (including phenoxy) is 1. The zero-order valence-electron chi connectivity index (χ0n) is 8.95. The van der Waals surface area contributed by atoms with Crippen LogP contribution in [0.4, 0.5) is 5.69 Å². The van der Waals surface area contributed by atoms with Gasteiger partial charge in [-0.15, -0.1) is 0 Å². The quantitative estimate of drug-likeness (QED) is 0.265. The monoisotopic (exact) mass is 238 g/mol. The molecule has 1 unspecified atom stereocenters. The van der Waals surface area contributed by atoms with E-state index >= 15 is 0 Å². The van der Waals surface area contributed by atoms with Gasteiger partial charge in [0.2, 0.25) is 0 Å². The lowest BCUT2D eigenvalue weighted by molar-refractivity contribution is -0.384. The minimum atomic E-state index is -1.42. The molecule has 0 saturated heterocycles. The van der Waals surface area contributed by atoms with Gasteiger partial charge in [-0.05, 0) is 12.1 Å². The molecule has 0 saturated carbocycles. The van der Waals surface area contributed by atoms with Crippen LogP contribution in [-0.2, 0) is 9.53 Å². The number of hydrogen-bond donors (Lipinski definition) is 1. The summed E-state index contributed by atoms with van der Waals surface area (Å²) in [7, 11) is 1.12. The van der Waals surface area contributed by atoms with E-state index in [-0.39, 0.29) is 11.3 Å². The Bertz CT molecular complexity index is 454. The fraction of sp³-hybridized carbons (Fsp3) is 0.200. The first-order chi connectivity index (χ1) is 7.97. The van der Waals surface area contributed by atoms with Gasteiger partial charge in [0.05, 0.1) is 12.0 Å². The Morgan fingerprint density at radius 3 is 2.29 bits per heavy atom. The predicted molar refractivity (Wildman–Crippen MR) is 57.4 cm³/mol. The highest BCUT2D eigenvalue weighted by molar-refractivity contribution is 6.11. The molecular weight excluding hydrogens is 228 g/mol. The van der Waals surface area contributed by atoms with Crippen LogP contribution in [0.25, 0.3) is 0 Å². The van der Waals surface area contributed by atoms with Gasteiger partial charge in [-0.2, -0.15) is 0 Å². The third-order valence-corrected chi connectivity index (χ3v) is 2.10. The van der Waals surface area contributed by atoms with E-state index in [2.05, 4.69) is 4.74 Å². The van der Waals surface area contributed by atoms with Crippen LogP contribution in [0.2, 0.25) is 0 Å². The number of nitro benzene ring substituents is 1. The van der Waals surface area contributed by atoms with Crippen molar-refractivity contribution < 1.29 is 19.2 Å². The minimum absolute atomic E-state index is 0.119. The lowest BCUT2D eigenvalue weighted by Gasteiger charge is -2.07. The molecular formula is C10H10N2O5. The van der Waals surface area contributed by atoms with Crippen LogP contribution >= 0.6 is 0 Å². The molecule has 0 aromatic heterocycles. The summed E-state index contributed by atoms with van der Waals surface area (Å²) in [5.41, 5.74) is 5.32. The summed E-state index contributed by atoms with van der Waals surface area (Å²) >= 11 is 0. The summed E-state index contributed by atoms with van der Waals surface area (Å²) in [4.78, 5) is 32.5. The molecule has 7 nitrogen and oxygen atoms in total. The topological polar surface area (TPSA) is 113 Å². The number of esters is 1. The highest BCUT2D eigenvalue weighted by atomic mass is 16.6. The maximum absolute atomic E-state index is 11.6. The standard InChI is InChI=1S/C10H10N2O5/c1-17-10(14)8(11)9(13)6-2-4-7(5-3-6)12(15)16/h2-5,8H,11H2,1H3. The number of ketones is 1. The van der Waals surface area contributed by atoms with Gasteiger partial charge in [-0.1, -0.05) is 0 Å². The summed E-state index contributed by atoms with van der Waals surface area (Å²) in [6.45, 7) is 0. The lowest BCUT2D eigenvalue weighted by Crippen LogP contribution is -2.39. The van der Waals surface area contributed by atoms with Crippen molar-refractivity contribution in [2.45, 2.75) is 6.04 Å². The van der Waals surface area contributed by atoms with E-state index in [0.717, 1.165) is 19.2 Å². The molecule has 1 atom stereocenters. The number of methoxy groups -OCH3 is 1. The second kappa shape index (κ2) is 5.17. The number of Topliss-reactive ketones (excluding diaryl/α,β-unsaturated/α-hetero) is 1. The van der Waals surface area contributed by atoms with Gasteiger partial charge in [0.25, 0.3) is 5.69 Å². The number of non-ortho nitro benzene ring substituents is 1. The molecule has 90 valence electrons. The van der Waals surface area contributed by atoms with Gasteiger partial charge < -0.3 is 10.5 Å². The van der Waals surface area contributed by atoms with Crippen molar-refractivity contribution in [2.24, 2.45) is 5.73 Å². The number of nitrogens with two attached hydrogens (primary N) is 1. The number of hydrogen-bond acceptors (Lipinski definition) is 6. The molecule has 0 fully saturated rings. The van der Waals surface area contributed by atoms with Crippen LogP contribution in [-0.4, -0.2) is 29.8 Å². The maximum Gasteiger partial charge on any atom is 0.330 e. The average molecular weight is 238 g/mol. The smallest absolute Gasteiger partial charge is 0.330 e. The maximum atomic E-state index is 11.6. The van der Waals surface area contributed by atoms with Crippen LogP contribution in [0.5, 0.6) is 0 Å². The van der Waals surface area contributed by atoms with Crippen LogP contribution in [0, 0.1) is 10.1 Å². The van der Waals surface area contributed by atoms with Gasteiger partial charge in [0.1, 0.15) is 0 Å². The molecule has 0 aliphatic carbocycles. The van der Waals surface area contributed by atoms with Gasteiger partial charge in [0.15, 0.2) is 11.8 Å². The second-order valence-corrected chi connectivity index (χ2v) is 3.17. The van der Waals surface area contributed by atoms with Crippen LogP contribution in [0.15, 0.2) is 24.3 Å². The van der Waals surface area contributed by atoms with Crippen molar-refractivity contribution in [3.63, 3.8) is 0 Å². The molecule has 0 bridgehead atoms. The van der Waals surface area contributed by atoms with Crippen LogP contribution in [0.1, 0.15) is 10.4 Å². The van der Waals surface area contributed by atoms with Crippen molar-refractivity contribution in [3.05, 3.63) is 39.9 Å². The molecule has 2 N–H and O–H groups in total. The zero-order chi connectivity index (χ0) is 13.0. The molecule has 1 aromatic rings. The molecule has 0 heterocycles. The van der Waals surface area contributed by atoms with Crippen molar-refractivity contribution in [2.75, 3.05) is 7.11 Å². The van der Waals surface area contributed by atoms with E-state index in [0.29, 0.717) is 0 Å². The van der Waals surface area contributed by atoms with Crippen molar-refractivity contribution in [3.8, 4) is 0 Å². The van der Waals surface area contributed by atoms with E-state index in [1.165, 1.54) is 12.1 Å². The SMILES string of the molecule is COC(=O)C(N)C(=O)c1ccc([N+](=O)[O-])cc1. The Morgan fingerprint density at radius 2 is 1.88 bits per heavy atom. The van der Waals surface area contributed by atoms with Crippen molar-refractivity contribution in [1.29, 1.82) is 0 Å². The number of carbonyl (C=O) groups excluding carboxylic acids is 2. The molecule has 0 radical (unpaired) electrons. The Labute approximate surface area is 96.3 Å². The van der Waals surface area contributed by atoms with Crippen molar-refractivity contribution in [1.82, 2.24) is 0 Å². The summed E-state index contributed by atoms with van der Waals surface area (Å²) in [6, 6.07) is 3.39. The van der Waals surface area contributed by atoms with E-state index in [4.69, 9.17) is 5.73 Å². The predicted octanol–water partition coefficient (Wildman–Crippen LogP) is 0.278. The zero-order valence-corrected chi connectivity index (χ0v) is 8.95. The average Bonchev–Trinajstić information content (AvgIpc) is 2.36. The van der Waals surface area contributed by atoms with Gasteiger partial charge >= 0.3 is 5.97 Å². The van der Waals surface area contributed by atoms with Gasteiger partial charge in [-0.25, -0.2) is 4.79 Å². The van der Waals surface area contributed by atoms with Crippen molar-refractivity contribution >= 4 is 17.4 Å². The van der Waals surface area contributed by atoms with Gasteiger partial charge in [-0.3, -0.25) is 14.9 Å². The largest absolute Gasteiger partial charge is 0.468 e. The van der Waals surface area contributed by atoms with Crippen LogP contribution in [0.3, 0.4) is 0 Å². The lowest BCUT2D eigenvalue weighted by atomic mass is 10.0. The first kappa shape index (κ1) is 12.8. The first-order valence-corrected chi connectivity index (χ1v) is 4.59. The highest BCUT2D eigenvalue weighted by Gasteiger charge is 2.24. The molecule has 0 spiro atoms. The fourth-order valence-corrected chi connectivity index (χ4v) is 1.16. The van der Waals surface area contributed by atoms with Gasteiger partial charge in [0, 0.05) is 17.7 Å². The molecule has 0 amide bonds.